The van der Waals surface area contributed by atoms with Crippen LogP contribution in [0.5, 0.6) is 0 Å². The summed E-state index contributed by atoms with van der Waals surface area (Å²) in [6, 6.07) is 5.12. The Hall–Kier alpha value is -1.20. The Kier molecular flexibility index (Phi) is 5.94. The Morgan fingerprint density at radius 2 is 2.05 bits per heavy atom. The van der Waals surface area contributed by atoms with Crippen LogP contribution in [0.4, 0.5) is 5.82 Å². The first-order chi connectivity index (χ1) is 10.1. The number of aromatic nitrogens is 2. The van der Waals surface area contributed by atoms with Crippen LogP contribution in [0.2, 0.25) is 0 Å². The molecule has 2 rings (SSSR count). The molecule has 0 radical (unpaired) electrons. The number of nitrogens with one attached hydrogen (secondary N) is 1. The largest absolute Gasteiger partial charge is 0.383 e. The highest BCUT2D eigenvalue weighted by Crippen LogP contribution is 2.36. The topological polar surface area (TPSA) is 50.3 Å². The van der Waals surface area contributed by atoms with E-state index in [2.05, 4.69) is 53.3 Å². The van der Waals surface area contributed by atoms with E-state index in [1.165, 1.54) is 12.8 Å². The Balaban J connectivity index is 2.01. The second-order valence-corrected chi connectivity index (χ2v) is 6.18. The molecule has 118 valence electrons. The van der Waals surface area contributed by atoms with Gasteiger partial charge in [-0.2, -0.15) is 5.10 Å². The average molecular weight is 292 g/mol. The molecule has 5 nitrogen and oxygen atoms in total. The number of rotatable bonds is 9. The van der Waals surface area contributed by atoms with E-state index in [0.717, 1.165) is 37.1 Å². The van der Waals surface area contributed by atoms with E-state index < -0.39 is 0 Å². The first-order valence-corrected chi connectivity index (χ1v) is 7.93. The summed E-state index contributed by atoms with van der Waals surface area (Å²) in [6.45, 7) is 8.89. The minimum Gasteiger partial charge on any atom is -0.383 e. The molecule has 0 aromatic carbocycles. The van der Waals surface area contributed by atoms with E-state index in [9.17, 15) is 0 Å². The molecular formula is C16H28N4O. The van der Waals surface area contributed by atoms with Crippen LogP contribution in [0, 0.1) is 5.92 Å². The lowest BCUT2D eigenvalue weighted by atomic mass is 10.2. The van der Waals surface area contributed by atoms with Crippen molar-refractivity contribution in [1.82, 2.24) is 15.5 Å². The SMILES string of the molecule is COCCN(c1ccc(CNC(C)C)nn1)C(C)C1CC1. The maximum atomic E-state index is 5.23. The predicted octanol–water partition coefficient (Wildman–Crippen LogP) is 2.23. The van der Waals surface area contributed by atoms with Crippen molar-refractivity contribution >= 4 is 5.82 Å². The molecule has 1 aromatic rings. The van der Waals surface area contributed by atoms with Crippen LogP contribution in [-0.4, -0.2) is 42.5 Å². The highest BCUT2D eigenvalue weighted by atomic mass is 16.5. The Morgan fingerprint density at radius 3 is 2.57 bits per heavy atom. The van der Waals surface area contributed by atoms with Gasteiger partial charge in [-0.05, 0) is 37.8 Å². The van der Waals surface area contributed by atoms with Crippen molar-refractivity contribution < 1.29 is 4.74 Å². The summed E-state index contributed by atoms with van der Waals surface area (Å²) in [5.74, 6) is 1.76. The fraction of sp³-hybridized carbons (Fsp3) is 0.750. The molecule has 1 aromatic heterocycles. The first kappa shape index (κ1) is 16.2. The van der Waals surface area contributed by atoms with Gasteiger partial charge in [0.1, 0.15) is 0 Å². The van der Waals surface area contributed by atoms with E-state index in [4.69, 9.17) is 4.74 Å². The number of hydrogen-bond donors (Lipinski definition) is 1. The zero-order valence-electron chi connectivity index (χ0n) is 13.7. The van der Waals surface area contributed by atoms with Crippen molar-refractivity contribution in [3.8, 4) is 0 Å². The molecule has 0 aliphatic heterocycles. The lowest BCUT2D eigenvalue weighted by molar-refractivity contribution is 0.202. The van der Waals surface area contributed by atoms with Crippen molar-refractivity contribution in [1.29, 1.82) is 0 Å². The second kappa shape index (κ2) is 7.71. The van der Waals surface area contributed by atoms with Crippen molar-refractivity contribution in [2.24, 2.45) is 5.92 Å². The van der Waals surface area contributed by atoms with E-state index in [-0.39, 0.29) is 0 Å². The molecule has 0 amide bonds. The maximum Gasteiger partial charge on any atom is 0.151 e. The molecular weight excluding hydrogens is 264 g/mol. The molecule has 0 bridgehead atoms. The van der Waals surface area contributed by atoms with E-state index >= 15 is 0 Å². The van der Waals surface area contributed by atoms with Crippen molar-refractivity contribution in [2.45, 2.75) is 52.2 Å². The molecule has 1 heterocycles. The van der Waals surface area contributed by atoms with Gasteiger partial charge < -0.3 is 15.0 Å². The number of methoxy groups -OCH3 is 1. The second-order valence-electron chi connectivity index (χ2n) is 6.18. The number of anilines is 1. The van der Waals surface area contributed by atoms with Gasteiger partial charge in [0, 0.05) is 32.3 Å². The molecule has 0 saturated heterocycles. The third-order valence-corrected chi connectivity index (χ3v) is 4.02. The van der Waals surface area contributed by atoms with E-state index in [1.54, 1.807) is 7.11 Å². The monoisotopic (exact) mass is 292 g/mol. The van der Waals surface area contributed by atoms with Gasteiger partial charge in [0.2, 0.25) is 0 Å². The van der Waals surface area contributed by atoms with Crippen LogP contribution in [0.25, 0.3) is 0 Å². The Morgan fingerprint density at radius 1 is 1.29 bits per heavy atom. The van der Waals surface area contributed by atoms with Gasteiger partial charge in [-0.25, -0.2) is 0 Å². The van der Waals surface area contributed by atoms with E-state index in [0.29, 0.717) is 12.1 Å². The lowest BCUT2D eigenvalue weighted by Crippen LogP contribution is -2.38. The van der Waals surface area contributed by atoms with Crippen LogP contribution in [-0.2, 0) is 11.3 Å². The van der Waals surface area contributed by atoms with Crippen LogP contribution in [0.3, 0.4) is 0 Å². The average Bonchev–Trinajstić information content (AvgIpc) is 3.31. The minimum atomic E-state index is 0.458. The molecule has 1 saturated carbocycles. The van der Waals surface area contributed by atoms with Crippen LogP contribution >= 0.6 is 0 Å². The fourth-order valence-corrected chi connectivity index (χ4v) is 2.46. The molecule has 1 aliphatic carbocycles. The van der Waals surface area contributed by atoms with Gasteiger partial charge in [0.05, 0.1) is 12.3 Å². The standard InChI is InChI=1S/C16H28N4O/c1-12(2)17-11-15-7-8-16(19-18-15)20(9-10-21-4)13(3)14-5-6-14/h7-8,12-14,17H,5-6,9-11H2,1-4H3. The van der Waals surface area contributed by atoms with Crippen LogP contribution in [0.15, 0.2) is 12.1 Å². The molecule has 1 aliphatic rings. The maximum absolute atomic E-state index is 5.23. The lowest BCUT2D eigenvalue weighted by Gasteiger charge is -2.30. The quantitative estimate of drug-likeness (QED) is 0.756. The molecule has 1 unspecified atom stereocenters. The first-order valence-electron chi connectivity index (χ1n) is 7.93. The normalized spacial score (nSPS) is 16.2. The number of hydrogen-bond acceptors (Lipinski definition) is 5. The summed E-state index contributed by atoms with van der Waals surface area (Å²) in [7, 11) is 1.74. The number of ether oxygens (including phenoxy) is 1. The Bertz CT molecular complexity index is 417. The number of nitrogens with zero attached hydrogens (tertiary/aromatic N) is 3. The van der Waals surface area contributed by atoms with Gasteiger partial charge in [0.15, 0.2) is 5.82 Å². The van der Waals surface area contributed by atoms with Crippen LogP contribution in [0.1, 0.15) is 39.3 Å². The highest BCUT2D eigenvalue weighted by Gasteiger charge is 2.32. The van der Waals surface area contributed by atoms with Crippen molar-refractivity contribution in [3.05, 3.63) is 17.8 Å². The smallest absolute Gasteiger partial charge is 0.151 e. The molecule has 1 N–H and O–H groups in total. The van der Waals surface area contributed by atoms with Crippen molar-refractivity contribution in [3.63, 3.8) is 0 Å². The van der Waals surface area contributed by atoms with E-state index in [1.807, 2.05) is 0 Å². The third kappa shape index (κ3) is 4.93. The molecule has 21 heavy (non-hydrogen) atoms. The molecule has 1 fully saturated rings. The fourth-order valence-electron chi connectivity index (χ4n) is 2.46. The molecule has 5 heteroatoms. The zero-order valence-corrected chi connectivity index (χ0v) is 13.7. The summed E-state index contributed by atoms with van der Waals surface area (Å²) >= 11 is 0. The van der Waals surface area contributed by atoms with Gasteiger partial charge in [-0.1, -0.05) is 13.8 Å². The summed E-state index contributed by atoms with van der Waals surface area (Å²) in [5.41, 5.74) is 0.984. The Labute approximate surface area is 128 Å². The highest BCUT2D eigenvalue weighted by molar-refractivity contribution is 5.39. The molecule has 1 atom stereocenters. The predicted molar refractivity (Wildman–Crippen MR) is 85.4 cm³/mol. The molecule has 0 spiro atoms. The van der Waals surface area contributed by atoms with Crippen molar-refractivity contribution in [2.75, 3.05) is 25.2 Å². The summed E-state index contributed by atoms with van der Waals surface area (Å²) < 4.78 is 5.23. The zero-order chi connectivity index (χ0) is 15.2. The van der Waals surface area contributed by atoms with Gasteiger partial charge >= 0.3 is 0 Å². The van der Waals surface area contributed by atoms with Gasteiger partial charge in [-0.3, -0.25) is 0 Å². The van der Waals surface area contributed by atoms with Crippen LogP contribution < -0.4 is 10.2 Å². The minimum absolute atomic E-state index is 0.458. The summed E-state index contributed by atoms with van der Waals surface area (Å²) in [5, 5.41) is 12.1. The van der Waals surface area contributed by atoms with Gasteiger partial charge in [0.25, 0.3) is 0 Å². The third-order valence-electron chi connectivity index (χ3n) is 4.02. The van der Waals surface area contributed by atoms with Gasteiger partial charge in [-0.15, -0.1) is 5.10 Å². The summed E-state index contributed by atoms with van der Waals surface area (Å²) in [6.07, 6.45) is 2.66. The summed E-state index contributed by atoms with van der Waals surface area (Å²) in [4.78, 5) is 2.33.